The fourth-order valence-corrected chi connectivity index (χ4v) is 1.91. The quantitative estimate of drug-likeness (QED) is 0.715. The zero-order valence-electron chi connectivity index (χ0n) is 9.27. The molecule has 1 aromatic rings. The lowest BCUT2D eigenvalue weighted by Crippen LogP contribution is -2.65. The van der Waals surface area contributed by atoms with Gasteiger partial charge in [-0.05, 0) is 0 Å². The Labute approximate surface area is 101 Å². The zero-order chi connectivity index (χ0) is 13.3. The molecule has 0 bridgehead atoms. The summed E-state index contributed by atoms with van der Waals surface area (Å²) in [6.07, 6.45) is -0.266. The van der Waals surface area contributed by atoms with Crippen molar-refractivity contribution < 1.29 is 23.1 Å². The van der Waals surface area contributed by atoms with Gasteiger partial charge in [0.2, 0.25) is 0 Å². The summed E-state index contributed by atoms with van der Waals surface area (Å²) in [5, 5.41) is 14.2. The number of benzene rings is 1. The number of hydrogen-bond acceptors (Lipinski definition) is 3. The summed E-state index contributed by atoms with van der Waals surface area (Å²) >= 11 is 0. The van der Waals surface area contributed by atoms with Crippen LogP contribution < -0.4 is 10.6 Å². The van der Waals surface area contributed by atoms with Crippen LogP contribution in [0.2, 0.25) is 0 Å². The first-order valence-electron chi connectivity index (χ1n) is 5.27. The van der Waals surface area contributed by atoms with Crippen LogP contribution in [0.3, 0.4) is 0 Å². The van der Waals surface area contributed by atoms with E-state index < -0.39 is 29.0 Å². The number of halogens is 3. The van der Waals surface area contributed by atoms with Crippen molar-refractivity contribution in [2.24, 2.45) is 0 Å². The second-order valence-electron chi connectivity index (χ2n) is 4.33. The van der Waals surface area contributed by atoms with E-state index in [2.05, 4.69) is 10.6 Å². The SMILES string of the molecule is O=C(O)CC1(Nc2cc(F)cc(F)c2F)CNC1. The van der Waals surface area contributed by atoms with Crippen LogP contribution in [0.1, 0.15) is 6.42 Å². The number of hydrogen-bond donors (Lipinski definition) is 3. The highest BCUT2D eigenvalue weighted by Crippen LogP contribution is 2.27. The number of anilines is 1. The highest BCUT2D eigenvalue weighted by Gasteiger charge is 2.39. The van der Waals surface area contributed by atoms with Gasteiger partial charge >= 0.3 is 5.97 Å². The van der Waals surface area contributed by atoms with Crippen molar-refractivity contribution in [3.05, 3.63) is 29.6 Å². The Kier molecular flexibility index (Phi) is 3.16. The van der Waals surface area contributed by atoms with Gasteiger partial charge in [-0.2, -0.15) is 0 Å². The highest BCUT2D eigenvalue weighted by molar-refractivity contribution is 5.70. The predicted molar refractivity (Wildman–Crippen MR) is 57.8 cm³/mol. The van der Waals surface area contributed by atoms with Crippen LogP contribution in [0.25, 0.3) is 0 Å². The van der Waals surface area contributed by atoms with E-state index in [0.717, 1.165) is 6.07 Å². The molecular formula is C11H11F3N2O2. The molecule has 0 spiro atoms. The summed E-state index contributed by atoms with van der Waals surface area (Å²) in [6, 6.07) is 1.24. The van der Waals surface area contributed by atoms with Crippen LogP contribution in [0.5, 0.6) is 0 Å². The Morgan fingerprint density at radius 2 is 2.06 bits per heavy atom. The normalized spacial score (nSPS) is 17.1. The van der Waals surface area contributed by atoms with Gasteiger partial charge in [-0.15, -0.1) is 0 Å². The van der Waals surface area contributed by atoms with Crippen molar-refractivity contribution >= 4 is 11.7 Å². The molecule has 0 amide bonds. The minimum Gasteiger partial charge on any atom is -0.481 e. The molecule has 1 aliphatic heterocycles. The van der Waals surface area contributed by atoms with E-state index in [0.29, 0.717) is 6.07 Å². The summed E-state index contributed by atoms with van der Waals surface area (Å²) in [7, 11) is 0. The summed E-state index contributed by atoms with van der Waals surface area (Å²) < 4.78 is 39.4. The van der Waals surface area contributed by atoms with Crippen LogP contribution in [0.4, 0.5) is 18.9 Å². The minimum absolute atomic E-state index is 0.266. The van der Waals surface area contributed by atoms with E-state index in [4.69, 9.17) is 5.11 Å². The molecule has 1 heterocycles. The lowest BCUT2D eigenvalue weighted by molar-refractivity contribution is -0.138. The maximum Gasteiger partial charge on any atom is 0.305 e. The second-order valence-corrected chi connectivity index (χ2v) is 4.33. The molecule has 7 heteroatoms. The van der Waals surface area contributed by atoms with Crippen molar-refractivity contribution in [1.29, 1.82) is 0 Å². The Hall–Kier alpha value is -1.76. The molecule has 0 unspecified atom stereocenters. The van der Waals surface area contributed by atoms with Gasteiger partial charge < -0.3 is 15.7 Å². The largest absolute Gasteiger partial charge is 0.481 e. The monoisotopic (exact) mass is 260 g/mol. The first-order valence-corrected chi connectivity index (χ1v) is 5.27. The number of carboxylic acids is 1. The molecule has 1 aliphatic rings. The van der Waals surface area contributed by atoms with Gasteiger partial charge in [-0.3, -0.25) is 4.79 Å². The summed E-state index contributed by atoms with van der Waals surface area (Å²) in [6.45, 7) is 0.577. The molecule has 0 atom stereocenters. The Morgan fingerprint density at radius 3 is 2.56 bits per heavy atom. The first kappa shape index (κ1) is 12.7. The molecular weight excluding hydrogens is 249 g/mol. The van der Waals surface area contributed by atoms with E-state index in [1.165, 1.54) is 0 Å². The number of aliphatic carboxylic acids is 1. The van der Waals surface area contributed by atoms with E-state index in [1.807, 2.05) is 0 Å². The molecule has 3 N–H and O–H groups in total. The molecule has 1 saturated heterocycles. The summed E-state index contributed by atoms with van der Waals surface area (Å²) in [5.74, 6) is -4.52. The molecule has 0 aliphatic carbocycles. The Bertz CT molecular complexity index is 489. The van der Waals surface area contributed by atoms with Gasteiger partial charge in [0.25, 0.3) is 0 Å². The van der Waals surface area contributed by atoms with Gasteiger partial charge in [0.05, 0.1) is 17.6 Å². The molecule has 18 heavy (non-hydrogen) atoms. The fourth-order valence-electron chi connectivity index (χ4n) is 1.91. The van der Waals surface area contributed by atoms with Gasteiger partial charge in [0, 0.05) is 25.2 Å². The lowest BCUT2D eigenvalue weighted by Gasteiger charge is -2.43. The molecule has 0 aromatic heterocycles. The topological polar surface area (TPSA) is 61.4 Å². The molecule has 1 fully saturated rings. The number of carbonyl (C=O) groups is 1. The van der Waals surface area contributed by atoms with Crippen molar-refractivity contribution in [2.45, 2.75) is 12.0 Å². The van der Waals surface area contributed by atoms with Gasteiger partial charge in [-0.25, -0.2) is 13.2 Å². The smallest absolute Gasteiger partial charge is 0.305 e. The second kappa shape index (κ2) is 4.49. The molecule has 0 saturated carbocycles. The zero-order valence-corrected chi connectivity index (χ0v) is 9.27. The van der Waals surface area contributed by atoms with Crippen LogP contribution in [0, 0.1) is 17.5 Å². The first-order chi connectivity index (χ1) is 8.42. The summed E-state index contributed by atoms with van der Waals surface area (Å²) in [4.78, 5) is 10.7. The lowest BCUT2D eigenvalue weighted by atomic mass is 9.88. The Balaban J connectivity index is 2.25. The Morgan fingerprint density at radius 1 is 1.39 bits per heavy atom. The predicted octanol–water partition coefficient (Wildman–Crippen LogP) is 1.33. The van der Waals surface area contributed by atoms with E-state index in [-0.39, 0.29) is 25.2 Å². The maximum absolute atomic E-state index is 13.4. The minimum atomic E-state index is -1.31. The van der Waals surface area contributed by atoms with Crippen molar-refractivity contribution in [1.82, 2.24) is 5.32 Å². The van der Waals surface area contributed by atoms with Crippen molar-refractivity contribution in [3.8, 4) is 0 Å². The standard InChI is InChI=1S/C11H11F3N2O2/c12-6-1-7(13)10(14)8(2-6)16-11(3-9(17)18)4-15-5-11/h1-2,15-16H,3-5H2,(H,17,18). The third-order valence-electron chi connectivity index (χ3n) is 2.81. The van der Waals surface area contributed by atoms with Crippen molar-refractivity contribution in [3.63, 3.8) is 0 Å². The number of nitrogens with one attached hydrogen (secondary N) is 2. The average Bonchev–Trinajstić information content (AvgIpc) is 2.21. The van der Waals surface area contributed by atoms with Crippen LogP contribution >= 0.6 is 0 Å². The van der Waals surface area contributed by atoms with Crippen LogP contribution in [-0.4, -0.2) is 29.7 Å². The van der Waals surface area contributed by atoms with Crippen LogP contribution in [-0.2, 0) is 4.79 Å². The number of carboxylic acid groups (broad SMARTS) is 1. The molecule has 1 aromatic carbocycles. The third-order valence-corrected chi connectivity index (χ3v) is 2.81. The highest BCUT2D eigenvalue weighted by atomic mass is 19.2. The van der Waals surface area contributed by atoms with E-state index >= 15 is 0 Å². The van der Waals surface area contributed by atoms with Crippen molar-refractivity contribution in [2.75, 3.05) is 18.4 Å². The van der Waals surface area contributed by atoms with Gasteiger partial charge in [-0.1, -0.05) is 0 Å². The van der Waals surface area contributed by atoms with Crippen LogP contribution in [0.15, 0.2) is 12.1 Å². The molecule has 4 nitrogen and oxygen atoms in total. The van der Waals surface area contributed by atoms with Gasteiger partial charge in [0.15, 0.2) is 11.6 Å². The maximum atomic E-state index is 13.4. The average molecular weight is 260 g/mol. The molecule has 2 rings (SSSR count). The van der Waals surface area contributed by atoms with E-state index in [9.17, 15) is 18.0 Å². The fraction of sp³-hybridized carbons (Fsp3) is 0.364. The van der Waals surface area contributed by atoms with Gasteiger partial charge in [0.1, 0.15) is 5.82 Å². The third kappa shape index (κ3) is 2.40. The number of rotatable bonds is 4. The molecule has 98 valence electrons. The van der Waals surface area contributed by atoms with E-state index in [1.54, 1.807) is 0 Å². The summed E-state index contributed by atoms with van der Waals surface area (Å²) in [5.41, 5.74) is -1.28. The molecule has 0 radical (unpaired) electrons.